The zero-order chi connectivity index (χ0) is 14.7. The first-order valence-corrected chi connectivity index (χ1v) is 6.79. The van der Waals surface area contributed by atoms with Crippen molar-refractivity contribution in [3.05, 3.63) is 72.2 Å². The summed E-state index contributed by atoms with van der Waals surface area (Å²) in [4.78, 5) is 20.5. The fourth-order valence-corrected chi connectivity index (χ4v) is 2.22. The van der Waals surface area contributed by atoms with Gasteiger partial charge in [-0.1, -0.05) is 36.4 Å². The molecule has 21 heavy (non-hydrogen) atoms. The molecular formula is C17H15N3O. The molecule has 0 aliphatic carbocycles. The highest BCUT2D eigenvalue weighted by Crippen LogP contribution is 2.15. The molecule has 1 aromatic heterocycles. The largest absolute Gasteiger partial charge is 0.346 e. The molecule has 0 saturated heterocycles. The van der Waals surface area contributed by atoms with E-state index in [4.69, 9.17) is 0 Å². The molecule has 1 atom stereocenters. The molecule has 3 aromatic rings. The number of fused-ring (bicyclic) bond motifs is 1. The lowest BCUT2D eigenvalue weighted by Crippen LogP contribution is -2.26. The van der Waals surface area contributed by atoms with E-state index in [1.165, 1.54) is 6.33 Å². The monoisotopic (exact) mass is 277 g/mol. The van der Waals surface area contributed by atoms with Gasteiger partial charge in [0.1, 0.15) is 6.33 Å². The van der Waals surface area contributed by atoms with Crippen molar-refractivity contribution in [2.75, 3.05) is 0 Å². The molecule has 1 amide bonds. The van der Waals surface area contributed by atoms with Gasteiger partial charge in [0.25, 0.3) is 5.91 Å². The van der Waals surface area contributed by atoms with Crippen molar-refractivity contribution in [2.24, 2.45) is 0 Å². The lowest BCUT2D eigenvalue weighted by atomic mass is 10.1. The maximum atomic E-state index is 12.3. The van der Waals surface area contributed by atoms with Crippen LogP contribution >= 0.6 is 0 Å². The number of hydrogen-bond acceptors (Lipinski definition) is 3. The predicted octanol–water partition coefficient (Wildman–Crippen LogP) is 3.12. The van der Waals surface area contributed by atoms with Crippen LogP contribution in [0.15, 0.2) is 61.1 Å². The van der Waals surface area contributed by atoms with E-state index in [1.807, 2.05) is 43.3 Å². The third-order valence-electron chi connectivity index (χ3n) is 3.42. The topological polar surface area (TPSA) is 54.9 Å². The van der Waals surface area contributed by atoms with Gasteiger partial charge in [-0.15, -0.1) is 0 Å². The van der Waals surface area contributed by atoms with Crippen molar-refractivity contribution in [3.63, 3.8) is 0 Å². The quantitative estimate of drug-likeness (QED) is 0.800. The van der Waals surface area contributed by atoms with Crippen LogP contribution in [0.4, 0.5) is 0 Å². The van der Waals surface area contributed by atoms with Gasteiger partial charge in [0, 0.05) is 17.1 Å². The van der Waals surface area contributed by atoms with Gasteiger partial charge in [0.2, 0.25) is 0 Å². The number of aromatic nitrogens is 2. The summed E-state index contributed by atoms with van der Waals surface area (Å²) in [6.07, 6.45) is 3.22. The average molecular weight is 277 g/mol. The minimum Gasteiger partial charge on any atom is -0.346 e. The van der Waals surface area contributed by atoms with Crippen molar-refractivity contribution in [1.29, 1.82) is 0 Å². The van der Waals surface area contributed by atoms with Crippen LogP contribution in [0.1, 0.15) is 28.9 Å². The minimum absolute atomic E-state index is 0.0419. The minimum atomic E-state index is -0.105. The Bertz CT molecular complexity index is 771. The van der Waals surface area contributed by atoms with Crippen molar-refractivity contribution >= 4 is 16.8 Å². The van der Waals surface area contributed by atoms with Gasteiger partial charge in [-0.2, -0.15) is 0 Å². The van der Waals surface area contributed by atoms with Gasteiger partial charge in [-0.25, -0.2) is 9.97 Å². The van der Waals surface area contributed by atoms with Gasteiger partial charge in [0.05, 0.1) is 11.6 Å². The van der Waals surface area contributed by atoms with E-state index in [0.29, 0.717) is 5.56 Å². The second-order valence-corrected chi connectivity index (χ2v) is 4.90. The smallest absolute Gasteiger partial charge is 0.251 e. The highest BCUT2D eigenvalue weighted by molar-refractivity contribution is 5.97. The first-order chi connectivity index (χ1) is 10.2. The molecule has 0 radical (unpaired) electrons. The summed E-state index contributed by atoms with van der Waals surface area (Å²) in [5, 5.41) is 3.92. The molecule has 0 aliphatic rings. The van der Waals surface area contributed by atoms with Crippen LogP contribution in [0.2, 0.25) is 0 Å². The summed E-state index contributed by atoms with van der Waals surface area (Å²) in [6.45, 7) is 1.97. The summed E-state index contributed by atoms with van der Waals surface area (Å²) < 4.78 is 0. The van der Waals surface area contributed by atoms with Crippen LogP contribution in [0, 0.1) is 0 Å². The Labute approximate surface area is 122 Å². The summed E-state index contributed by atoms with van der Waals surface area (Å²) in [5.74, 6) is -0.105. The van der Waals surface area contributed by atoms with Gasteiger partial charge < -0.3 is 5.32 Å². The van der Waals surface area contributed by atoms with Crippen LogP contribution in [0.3, 0.4) is 0 Å². The molecule has 0 fully saturated rings. The highest BCUT2D eigenvalue weighted by Gasteiger charge is 2.11. The summed E-state index contributed by atoms with van der Waals surface area (Å²) in [7, 11) is 0. The molecule has 4 heteroatoms. The Balaban J connectivity index is 1.80. The van der Waals surface area contributed by atoms with Gasteiger partial charge in [-0.05, 0) is 24.6 Å². The van der Waals surface area contributed by atoms with Gasteiger partial charge in [0.15, 0.2) is 0 Å². The lowest BCUT2D eigenvalue weighted by Gasteiger charge is -2.14. The molecule has 4 nitrogen and oxygen atoms in total. The maximum absolute atomic E-state index is 12.3. The first kappa shape index (κ1) is 13.2. The molecule has 0 bridgehead atoms. The van der Waals surface area contributed by atoms with Gasteiger partial charge >= 0.3 is 0 Å². The Kier molecular flexibility index (Phi) is 3.60. The van der Waals surface area contributed by atoms with Crippen LogP contribution in [-0.2, 0) is 0 Å². The number of nitrogens with one attached hydrogen (secondary N) is 1. The Morgan fingerprint density at radius 1 is 1.14 bits per heavy atom. The van der Waals surface area contributed by atoms with Crippen molar-refractivity contribution in [3.8, 4) is 0 Å². The Morgan fingerprint density at radius 2 is 1.95 bits per heavy atom. The van der Waals surface area contributed by atoms with Crippen LogP contribution in [0.25, 0.3) is 10.9 Å². The predicted molar refractivity (Wildman–Crippen MR) is 81.9 cm³/mol. The van der Waals surface area contributed by atoms with Crippen molar-refractivity contribution < 1.29 is 4.79 Å². The summed E-state index contributed by atoms with van der Waals surface area (Å²) in [6, 6.07) is 15.3. The van der Waals surface area contributed by atoms with Crippen molar-refractivity contribution in [2.45, 2.75) is 13.0 Å². The molecular weight excluding hydrogens is 262 g/mol. The Hall–Kier alpha value is -2.75. The number of nitrogens with zero attached hydrogens (tertiary/aromatic N) is 2. The van der Waals surface area contributed by atoms with Crippen LogP contribution in [0.5, 0.6) is 0 Å². The number of rotatable bonds is 3. The van der Waals surface area contributed by atoms with Crippen LogP contribution in [-0.4, -0.2) is 15.9 Å². The zero-order valence-corrected chi connectivity index (χ0v) is 11.7. The number of carbonyl (C=O) groups is 1. The fraction of sp³-hybridized carbons (Fsp3) is 0.118. The normalized spacial score (nSPS) is 12.0. The first-order valence-electron chi connectivity index (χ1n) is 6.79. The molecule has 104 valence electrons. The third-order valence-corrected chi connectivity index (χ3v) is 3.42. The Morgan fingerprint density at radius 3 is 2.76 bits per heavy atom. The van der Waals surface area contributed by atoms with E-state index in [2.05, 4.69) is 15.3 Å². The molecule has 3 rings (SSSR count). The van der Waals surface area contributed by atoms with Crippen molar-refractivity contribution in [1.82, 2.24) is 15.3 Å². The van der Waals surface area contributed by atoms with E-state index >= 15 is 0 Å². The SMILES string of the molecule is C[C@@H](NC(=O)c1ccc2cncnc2c1)c1ccccc1. The standard InChI is InChI=1S/C17H15N3O/c1-12(13-5-3-2-4-6-13)20-17(21)14-7-8-15-10-18-11-19-16(15)9-14/h2-12H,1H3,(H,20,21)/t12-/m1/s1. The van der Waals surface area contributed by atoms with E-state index in [9.17, 15) is 4.79 Å². The van der Waals surface area contributed by atoms with Gasteiger partial charge in [-0.3, -0.25) is 4.79 Å². The van der Waals surface area contributed by atoms with E-state index in [-0.39, 0.29) is 11.9 Å². The highest BCUT2D eigenvalue weighted by atomic mass is 16.1. The molecule has 1 heterocycles. The molecule has 0 aliphatic heterocycles. The van der Waals surface area contributed by atoms with Crippen LogP contribution < -0.4 is 5.32 Å². The molecule has 0 saturated carbocycles. The number of amides is 1. The number of hydrogen-bond donors (Lipinski definition) is 1. The molecule has 0 unspecified atom stereocenters. The zero-order valence-electron chi connectivity index (χ0n) is 11.7. The fourth-order valence-electron chi connectivity index (χ4n) is 2.22. The van der Waals surface area contributed by atoms with E-state index in [0.717, 1.165) is 16.5 Å². The number of benzene rings is 2. The second-order valence-electron chi connectivity index (χ2n) is 4.90. The molecule has 2 aromatic carbocycles. The maximum Gasteiger partial charge on any atom is 0.251 e. The average Bonchev–Trinajstić information content (AvgIpc) is 2.55. The second kappa shape index (κ2) is 5.71. The van der Waals surface area contributed by atoms with E-state index in [1.54, 1.807) is 18.3 Å². The molecule has 1 N–H and O–H groups in total. The molecule has 0 spiro atoms. The number of carbonyl (C=O) groups excluding carboxylic acids is 1. The van der Waals surface area contributed by atoms with E-state index < -0.39 is 0 Å². The lowest BCUT2D eigenvalue weighted by molar-refractivity contribution is 0.0940. The summed E-state index contributed by atoms with van der Waals surface area (Å²) >= 11 is 0. The third kappa shape index (κ3) is 2.89. The summed E-state index contributed by atoms with van der Waals surface area (Å²) in [5.41, 5.74) is 2.45.